The zero-order valence-corrected chi connectivity index (χ0v) is 10.5. The van der Waals surface area contributed by atoms with Gasteiger partial charge in [-0.1, -0.05) is 13.8 Å². The number of aliphatic carboxylic acids is 1. The molecule has 1 heterocycles. The van der Waals surface area contributed by atoms with E-state index in [2.05, 4.69) is 10.3 Å². The van der Waals surface area contributed by atoms with Crippen LogP contribution in [-0.2, 0) is 11.3 Å². The third-order valence-corrected chi connectivity index (χ3v) is 3.05. The molecule has 1 unspecified atom stereocenters. The number of aromatic nitrogens is 1. The second-order valence-corrected chi connectivity index (χ2v) is 4.81. The highest BCUT2D eigenvalue weighted by atomic mass is 32.1. The number of nitrogens with zero attached hydrogens (tertiary/aromatic N) is 1. The Hall–Kier alpha value is -1.47. The van der Waals surface area contributed by atoms with Crippen LogP contribution in [-0.4, -0.2) is 28.0 Å². The fourth-order valence-corrected chi connectivity index (χ4v) is 1.89. The van der Waals surface area contributed by atoms with Gasteiger partial charge in [0.2, 0.25) is 0 Å². The minimum Gasteiger partial charge on any atom is -0.480 e. The highest BCUT2D eigenvalue weighted by Gasteiger charge is 2.24. The number of hydrogen-bond acceptors (Lipinski definition) is 5. The number of nitrogens with two attached hydrogens (primary N) is 1. The maximum absolute atomic E-state index is 11.7. The number of carboxylic acid groups (broad SMARTS) is 1. The molecule has 1 amide bonds. The Labute approximate surface area is 103 Å². The van der Waals surface area contributed by atoms with Crippen molar-refractivity contribution in [3.63, 3.8) is 0 Å². The lowest BCUT2D eigenvalue weighted by molar-refractivity contribution is -0.140. The summed E-state index contributed by atoms with van der Waals surface area (Å²) in [6.45, 7) is 3.72. The van der Waals surface area contributed by atoms with E-state index in [1.165, 1.54) is 11.3 Å². The first kappa shape index (κ1) is 13.6. The second kappa shape index (κ2) is 5.74. The molecule has 1 aromatic rings. The van der Waals surface area contributed by atoms with Crippen LogP contribution in [0.15, 0.2) is 5.38 Å². The number of hydrogen-bond donors (Lipinski definition) is 3. The minimum absolute atomic E-state index is 0.191. The maximum atomic E-state index is 11.7. The molecule has 0 fully saturated rings. The van der Waals surface area contributed by atoms with E-state index >= 15 is 0 Å². The Morgan fingerprint density at radius 1 is 1.59 bits per heavy atom. The molecule has 0 bridgehead atoms. The molecule has 1 rings (SSSR count). The highest BCUT2D eigenvalue weighted by molar-refractivity contribution is 7.09. The van der Waals surface area contributed by atoms with Gasteiger partial charge in [-0.25, -0.2) is 9.78 Å². The number of rotatable bonds is 5. The third-order valence-electron chi connectivity index (χ3n) is 2.18. The zero-order valence-electron chi connectivity index (χ0n) is 9.64. The molecule has 4 N–H and O–H groups in total. The molecule has 6 nitrogen and oxygen atoms in total. The molecule has 0 saturated carbocycles. The van der Waals surface area contributed by atoms with Gasteiger partial charge in [0.1, 0.15) is 16.7 Å². The predicted molar refractivity (Wildman–Crippen MR) is 63.7 cm³/mol. The number of amides is 1. The van der Waals surface area contributed by atoms with Crippen LogP contribution in [0.3, 0.4) is 0 Å². The molecular weight excluding hydrogens is 242 g/mol. The van der Waals surface area contributed by atoms with Crippen LogP contribution in [0.5, 0.6) is 0 Å². The van der Waals surface area contributed by atoms with Crippen molar-refractivity contribution in [2.45, 2.75) is 26.4 Å². The van der Waals surface area contributed by atoms with Crippen molar-refractivity contribution in [1.29, 1.82) is 0 Å². The van der Waals surface area contributed by atoms with Crippen molar-refractivity contribution in [3.05, 3.63) is 16.1 Å². The number of thiazole rings is 1. The Morgan fingerprint density at radius 2 is 2.24 bits per heavy atom. The van der Waals surface area contributed by atoms with Crippen LogP contribution < -0.4 is 11.1 Å². The first-order valence-electron chi connectivity index (χ1n) is 5.13. The van der Waals surface area contributed by atoms with Crippen molar-refractivity contribution in [2.24, 2.45) is 11.7 Å². The number of nitrogens with one attached hydrogen (secondary N) is 1. The molecule has 0 aromatic carbocycles. The molecule has 1 aromatic heterocycles. The second-order valence-electron chi connectivity index (χ2n) is 3.86. The molecule has 17 heavy (non-hydrogen) atoms. The SMILES string of the molecule is CC(C)C(NC(=O)c1csc(CN)n1)C(=O)O. The molecule has 0 aliphatic carbocycles. The summed E-state index contributed by atoms with van der Waals surface area (Å²) in [5.41, 5.74) is 5.59. The molecule has 0 radical (unpaired) electrons. The van der Waals surface area contributed by atoms with Gasteiger partial charge in [-0.3, -0.25) is 4.79 Å². The number of carboxylic acids is 1. The van der Waals surface area contributed by atoms with E-state index in [1.807, 2.05) is 0 Å². The zero-order chi connectivity index (χ0) is 13.0. The van der Waals surface area contributed by atoms with Crippen LogP contribution in [0.4, 0.5) is 0 Å². The fourth-order valence-electron chi connectivity index (χ4n) is 1.24. The first-order chi connectivity index (χ1) is 7.95. The summed E-state index contributed by atoms with van der Waals surface area (Å²) in [5.74, 6) is -1.73. The topological polar surface area (TPSA) is 105 Å². The maximum Gasteiger partial charge on any atom is 0.326 e. The number of carbonyl (C=O) groups is 2. The van der Waals surface area contributed by atoms with Crippen molar-refractivity contribution < 1.29 is 14.7 Å². The number of carbonyl (C=O) groups excluding carboxylic acids is 1. The van der Waals surface area contributed by atoms with E-state index in [0.717, 1.165) is 0 Å². The third kappa shape index (κ3) is 3.50. The normalized spacial score (nSPS) is 12.5. The van der Waals surface area contributed by atoms with E-state index < -0.39 is 17.9 Å². The Bertz CT molecular complexity index is 417. The summed E-state index contributed by atoms with van der Waals surface area (Å²) in [5, 5.41) is 13.6. The highest BCUT2D eigenvalue weighted by Crippen LogP contribution is 2.10. The smallest absolute Gasteiger partial charge is 0.326 e. The monoisotopic (exact) mass is 257 g/mol. The van der Waals surface area contributed by atoms with Gasteiger partial charge in [0.25, 0.3) is 5.91 Å². The standard InChI is InChI=1S/C10H15N3O3S/c1-5(2)8(10(15)16)13-9(14)6-4-17-7(3-11)12-6/h4-5,8H,3,11H2,1-2H3,(H,13,14)(H,15,16). The predicted octanol–water partition coefficient (Wildman–Crippen LogP) is 0.441. The van der Waals surface area contributed by atoms with Gasteiger partial charge in [-0.15, -0.1) is 11.3 Å². The van der Waals surface area contributed by atoms with E-state index in [4.69, 9.17) is 10.8 Å². The van der Waals surface area contributed by atoms with Crippen molar-refractivity contribution in [2.75, 3.05) is 0 Å². The van der Waals surface area contributed by atoms with E-state index in [1.54, 1.807) is 19.2 Å². The van der Waals surface area contributed by atoms with Gasteiger partial charge < -0.3 is 16.2 Å². The van der Waals surface area contributed by atoms with E-state index in [0.29, 0.717) is 5.01 Å². The van der Waals surface area contributed by atoms with Crippen LogP contribution in [0.1, 0.15) is 29.3 Å². The van der Waals surface area contributed by atoms with Crippen molar-refractivity contribution in [3.8, 4) is 0 Å². The van der Waals surface area contributed by atoms with E-state index in [-0.39, 0.29) is 18.2 Å². The lowest BCUT2D eigenvalue weighted by Gasteiger charge is -2.16. The summed E-state index contributed by atoms with van der Waals surface area (Å²) in [6.07, 6.45) is 0. The largest absolute Gasteiger partial charge is 0.480 e. The molecule has 7 heteroatoms. The Morgan fingerprint density at radius 3 is 2.65 bits per heavy atom. The molecule has 0 aliphatic heterocycles. The van der Waals surface area contributed by atoms with Gasteiger partial charge >= 0.3 is 5.97 Å². The van der Waals surface area contributed by atoms with Crippen LogP contribution in [0.25, 0.3) is 0 Å². The first-order valence-corrected chi connectivity index (χ1v) is 6.01. The van der Waals surface area contributed by atoms with E-state index in [9.17, 15) is 9.59 Å². The van der Waals surface area contributed by atoms with Gasteiger partial charge in [0.05, 0.1) is 0 Å². The molecule has 1 atom stereocenters. The quantitative estimate of drug-likeness (QED) is 0.710. The summed E-state index contributed by atoms with van der Waals surface area (Å²) >= 11 is 1.28. The van der Waals surface area contributed by atoms with Crippen molar-refractivity contribution in [1.82, 2.24) is 10.3 Å². The van der Waals surface area contributed by atoms with Crippen LogP contribution >= 0.6 is 11.3 Å². The average molecular weight is 257 g/mol. The fraction of sp³-hybridized carbons (Fsp3) is 0.500. The lowest BCUT2D eigenvalue weighted by Crippen LogP contribution is -2.44. The van der Waals surface area contributed by atoms with Crippen molar-refractivity contribution >= 4 is 23.2 Å². The molecule has 94 valence electrons. The average Bonchev–Trinajstić information content (AvgIpc) is 2.73. The van der Waals surface area contributed by atoms with Gasteiger partial charge in [-0.2, -0.15) is 0 Å². The molecule has 0 saturated heterocycles. The van der Waals surface area contributed by atoms with Gasteiger partial charge in [0, 0.05) is 11.9 Å². The Balaban J connectivity index is 2.73. The van der Waals surface area contributed by atoms with Gasteiger partial charge in [0.15, 0.2) is 0 Å². The summed E-state index contributed by atoms with van der Waals surface area (Å²) in [4.78, 5) is 26.6. The minimum atomic E-state index is -1.05. The molecule has 0 spiro atoms. The lowest BCUT2D eigenvalue weighted by atomic mass is 10.0. The van der Waals surface area contributed by atoms with Gasteiger partial charge in [-0.05, 0) is 5.92 Å². The summed E-state index contributed by atoms with van der Waals surface area (Å²) in [7, 11) is 0. The van der Waals surface area contributed by atoms with Crippen LogP contribution in [0.2, 0.25) is 0 Å². The molecular formula is C10H15N3O3S. The Kier molecular flexibility index (Phi) is 4.59. The van der Waals surface area contributed by atoms with Crippen LogP contribution in [0, 0.1) is 5.92 Å². The summed E-state index contributed by atoms with van der Waals surface area (Å²) in [6, 6.07) is -0.912. The summed E-state index contributed by atoms with van der Waals surface area (Å²) < 4.78 is 0. The molecule has 0 aliphatic rings.